The van der Waals surface area contributed by atoms with Gasteiger partial charge in [0, 0.05) is 31.9 Å². The number of hydrogen-bond acceptors (Lipinski definition) is 4. The third-order valence-corrected chi connectivity index (χ3v) is 4.04. The molecule has 102 valence electrons. The van der Waals surface area contributed by atoms with Gasteiger partial charge < -0.3 is 14.7 Å². The summed E-state index contributed by atoms with van der Waals surface area (Å²) in [5.74, 6) is 1.69. The van der Waals surface area contributed by atoms with Crippen LogP contribution in [0.15, 0.2) is 40.2 Å². The second-order valence-electron chi connectivity index (χ2n) is 5.64. The average Bonchev–Trinajstić information content (AvgIpc) is 2.75. The number of allylic oxidation sites excluding steroid dienone is 2. The largest absolute Gasteiger partial charge is 0.361 e. The van der Waals surface area contributed by atoms with Crippen molar-refractivity contribution in [2.45, 2.75) is 27.2 Å². The van der Waals surface area contributed by atoms with Crippen molar-refractivity contribution < 1.29 is 0 Å². The normalized spacial score (nSPS) is 25.5. The van der Waals surface area contributed by atoms with Gasteiger partial charge >= 0.3 is 0 Å². The molecule has 0 bridgehead atoms. The fourth-order valence-corrected chi connectivity index (χ4v) is 2.92. The maximum absolute atomic E-state index is 4.73. The van der Waals surface area contributed by atoms with E-state index >= 15 is 0 Å². The van der Waals surface area contributed by atoms with Gasteiger partial charge in [-0.3, -0.25) is 4.99 Å². The molecule has 0 spiro atoms. The molecule has 0 amide bonds. The molecule has 3 aliphatic rings. The first-order chi connectivity index (χ1) is 9.11. The van der Waals surface area contributed by atoms with E-state index in [0.29, 0.717) is 5.92 Å². The summed E-state index contributed by atoms with van der Waals surface area (Å²) in [6.45, 7) is 8.64. The Kier molecular flexibility index (Phi) is 2.88. The highest BCUT2D eigenvalue weighted by Crippen LogP contribution is 2.38. The van der Waals surface area contributed by atoms with Crippen molar-refractivity contribution in [2.24, 2.45) is 10.9 Å². The van der Waals surface area contributed by atoms with Crippen molar-refractivity contribution in [3.63, 3.8) is 0 Å². The number of aliphatic imine (C=N–C) groups is 1. The van der Waals surface area contributed by atoms with Crippen LogP contribution in [0.1, 0.15) is 27.2 Å². The van der Waals surface area contributed by atoms with Crippen LogP contribution in [-0.4, -0.2) is 41.2 Å². The lowest BCUT2D eigenvalue weighted by Gasteiger charge is -2.40. The lowest BCUT2D eigenvalue weighted by atomic mass is 9.95. The predicted octanol–water partition coefficient (Wildman–Crippen LogP) is 2.55. The maximum Gasteiger partial charge on any atom is 0.137 e. The van der Waals surface area contributed by atoms with E-state index in [1.807, 2.05) is 6.21 Å². The third kappa shape index (κ3) is 1.86. The first kappa shape index (κ1) is 12.3. The first-order valence-corrected chi connectivity index (χ1v) is 7.04. The Hall–Kier alpha value is -1.71. The molecule has 0 aromatic carbocycles. The van der Waals surface area contributed by atoms with E-state index in [1.165, 1.54) is 22.8 Å². The third-order valence-electron chi connectivity index (χ3n) is 4.04. The molecular weight excluding hydrogens is 236 g/mol. The fraction of sp³-hybridized carbons (Fsp3) is 0.533. The Morgan fingerprint density at radius 1 is 1.37 bits per heavy atom. The molecule has 0 saturated carbocycles. The highest BCUT2D eigenvalue weighted by Gasteiger charge is 2.34. The molecule has 0 fully saturated rings. The molecule has 19 heavy (non-hydrogen) atoms. The van der Waals surface area contributed by atoms with Crippen LogP contribution >= 0.6 is 0 Å². The van der Waals surface area contributed by atoms with E-state index < -0.39 is 0 Å². The zero-order chi connectivity index (χ0) is 13.6. The fourth-order valence-electron chi connectivity index (χ4n) is 2.92. The molecule has 3 heterocycles. The Morgan fingerprint density at radius 3 is 2.89 bits per heavy atom. The van der Waals surface area contributed by atoms with E-state index in [1.54, 1.807) is 0 Å². The minimum Gasteiger partial charge on any atom is -0.361 e. The van der Waals surface area contributed by atoms with Crippen molar-refractivity contribution >= 4 is 6.21 Å². The van der Waals surface area contributed by atoms with Crippen LogP contribution in [0.25, 0.3) is 0 Å². The minimum absolute atomic E-state index is 0.409. The maximum atomic E-state index is 4.73. The molecule has 1 atom stereocenters. The van der Waals surface area contributed by atoms with Crippen molar-refractivity contribution in [3.8, 4) is 0 Å². The van der Waals surface area contributed by atoms with E-state index in [2.05, 4.69) is 54.9 Å². The molecule has 4 heteroatoms. The van der Waals surface area contributed by atoms with Crippen molar-refractivity contribution in [1.82, 2.24) is 14.7 Å². The molecule has 3 rings (SSSR count). The summed E-state index contributed by atoms with van der Waals surface area (Å²) in [5, 5.41) is 0. The Bertz CT molecular complexity index is 512. The summed E-state index contributed by atoms with van der Waals surface area (Å²) in [6, 6.07) is 0. The van der Waals surface area contributed by atoms with E-state index in [0.717, 1.165) is 19.6 Å². The van der Waals surface area contributed by atoms with Gasteiger partial charge in [0.15, 0.2) is 0 Å². The summed E-state index contributed by atoms with van der Waals surface area (Å²) < 4.78 is 0. The lowest BCUT2D eigenvalue weighted by molar-refractivity contribution is 0.249. The number of fused-ring (bicyclic) bond motifs is 2. The molecule has 0 aromatic rings. The van der Waals surface area contributed by atoms with Crippen LogP contribution in [0, 0.1) is 5.92 Å². The van der Waals surface area contributed by atoms with Gasteiger partial charge in [0.05, 0.1) is 24.3 Å². The second kappa shape index (κ2) is 4.44. The zero-order valence-corrected chi connectivity index (χ0v) is 12.2. The van der Waals surface area contributed by atoms with Crippen molar-refractivity contribution in [2.75, 3.05) is 20.3 Å². The van der Waals surface area contributed by atoms with Gasteiger partial charge in [0.25, 0.3) is 0 Å². The summed E-state index contributed by atoms with van der Waals surface area (Å²) in [7, 11) is 2.11. The van der Waals surface area contributed by atoms with Gasteiger partial charge in [-0.05, 0) is 18.9 Å². The van der Waals surface area contributed by atoms with Crippen LogP contribution in [0.2, 0.25) is 0 Å². The van der Waals surface area contributed by atoms with Gasteiger partial charge in [-0.25, -0.2) is 0 Å². The molecule has 1 unspecified atom stereocenters. The Balaban J connectivity index is 2.03. The second-order valence-corrected chi connectivity index (χ2v) is 5.64. The van der Waals surface area contributed by atoms with Gasteiger partial charge in [-0.15, -0.1) is 0 Å². The zero-order valence-electron chi connectivity index (χ0n) is 12.2. The molecule has 0 aromatic heterocycles. The Morgan fingerprint density at radius 2 is 2.16 bits per heavy atom. The molecule has 4 nitrogen and oxygen atoms in total. The van der Waals surface area contributed by atoms with Gasteiger partial charge in [-0.1, -0.05) is 13.8 Å². The standard InChI is InChI=1S/C15H22N4/c1-5-6-18-8-11(2)12(3)14-15(18)19-10-17(4)9-13(19)7-16-14/h7-9,12H,5-6,10H2,1-4H3. The predicted molar refractivity (Wildman–Crippen MR) is 78.0 cm³/mol. The highest BCUT2D eigenvalue weighted by atomic mass is 15.4. The number of hydrogen-bond donors (Lipinski definition) is 0. The summed E-state index contributed by atoms with van der Waals surface area (Å²) in [6.07, 6.45) is 7.60. The van der Waals surface area contributed by atoms with Crippen LogP contribution in [0.4, 0.5) is 0 Å². The monoisotopic (exact) mass is 258 g/mol. The van der Waals surface area contributed by atoms with Crippen LogP contribution < -0.4 is 0 Å². The molecule has 0 aliphatic carbocycles. The van der Waals surface area contributed by atoms with Gasteiger partial charge in [0.1, 0.15) is 5.82 Å². The number of rotatable bonds is 2. The molecule has 0 N–H and O–H groups in total. The number of nitrogens with zero attached hydrogens (tertiary/aromatic N) is 4. The quantitative estimate of drug-likeness (QED) is 0.760. The SMILES string of the molecule is CCCN1C=C(C)C(C)C2=C1N1CN(C)C=C1C=N2. The smallest absolute Gasteiger partial charge is 0.137 e. The lowest BCUT2D eigenvalue weighted by Crippen LogP contribution is -2.39. The van der Waals surface area contributed by atoms with Crippen LogP contribution in [0.3, 0.4) is 0 Å². The van der Waals surface area contributed by atoms with Gasteiger partial charge in [-0.2, -0.15) is 0 Å². The van der Waals surface area contributed by atoms with Crippen LogP contribution in [-0.2, 0) is 0 Å². The Labute approximate surface area is 115 Å². The van der Waals surface area contributed by atoms with E-state index in [4.69, 9.17) is 4.99 Å². The van der Waals surface area contributed by atoms with Crippen LogP contribution in [0.5, 0.6) is 0 Å². The summed E-state index contributed by atoms with van der Waals surface area (Å²) in [4.78, 5) is 11.7. The first-order valence-electron chi connectivity index (χ1n) is 7.04. The van der Waals surface area contributed by atoms with Gasteiger partial charge in [0.2, 0.25) is 0 Å². The van der Waals surface area contributed by atoms with E-state index in [9.17, 15) is 0 Å². The molecule has 0 saturated heterocycles. The molecule has 3 aliphatic heterocycles. The minimum atomic E-state index is 0.409. The molecule has 0 radical (unpaired) electrons. The topological polar surface area (TPSA) is 22.1 Å². The highest BCUT2D eigenvalue weighted by molar-refractivity contribution is 5.81. The molecular formula is C15H22N4. The van der Waals surface area contributed by atoms with E-state index in [-0.39, 0.29) is 0 Å². The van der Waals surface area contributed by atoms with Crippen molar-refractivity contribution in [3.05, 3.63) is 35.2 Å². The summed E-state index contributed by atoms with van der Waals surface area (Å²) >= 11 is 0. The van der Waals surface area contributed by atoms with Crippen molar-refractivity contribution in [1.29, 1.82) is 0 Å². The summed E-state index contributed by atoms with van der Waals surface area (Å²) in [5.41, 5.74) is 3.80. The average molecular weight is 258 g/mol.